The van der Waals surface area contributed by atoms with E-state index in [2.05, 4.69) is 10.3 Å². The Balaban J connectivity index is 2.24. The molecule has 0 saturated heterocycles. The fourth-order valence-electron chi connectivity index (χ4n) is 2.92. The molecule has 0 unspecified atom stereocenters. The molecular weight excluding hydrogens is 218 g/mol. The molecule has 2 heterocycles. The van der Waals surface area contributed by atoms with Gasteiger partial charge in [0.1, 0.15) is 11.4 Å². The second kappa shape index (κ2) is 3.32. The highest BCUT2D eigenvalue weighted by molar-refractivity contribution is 6.00. The van der Waals surface area contributed by atoms with E-state index in [0.717, 1.165) is 19.3 Å². The Morgan fingerprint density at radius 3 is 3.06 bits per heavy atom. The minimum absolute atomic E-state index is 0.178. The summed E-state index contributed by atoms with van der Waals surface area (Å²) in [7, 11) is 0. The molecular formula is C11H15N5O. The fraction of sp³-hybridized carbons (Fsp3) is 0.545. The lowest BCUT2D eigenvalue weighted by Gasteiger charge is -2.15. The highest BCUT2D eigenvalue weighted by Crippen LogP contribution is 2.40. The molecule has 4 N–H and O–H groups in total. The van der Waals surface area contributed by atoms with E-state index in [1.165, 1.54) is 0 Å². The molecule has 0 bridgehead atoms. The Bertz CT molecular complexity index is 562. The Hall–Kier alpha value is -1.85. The van der Waals surface area contributed by atoms with Gasteiger partial charge in [0.25, 0.3) is 5.56 Å². The normalized spacial score (nSPS) is 25.2. The molecule has 6 heteroatoms. The molecule has 1 aliphatic heterocycles. The summed E-state index contributed by atoms with van der Waals surface area (Å²) >= 11 is 0. The smallest absolute Gasteiger partial charge is 0.285 e. The molecule has 0 amide bonds. The lowest BCUT2D eigenvalue weighted by molar-refractivity contribution is 0.536. The topological polar surface area (TPSA) is 96.8 Å². The predicted molar refractivity (Wildman–Crippen MR) is 65.7 cm³/mol. The summed E-state index contributed by atoms with van der Waals surface area (Å²) in [5.74, 6) is 0.946. The van der Waals surface area contributed by atoms with Crippen molar-refractivity contribution < 1.29 is 0 Å². The van der Waals surface area contributed by atoms with Crippen LogP contribution in [-0.2, 0) is 0 Å². The standard InChI is InChI=1S/C11H15N5O/c1-5(12)8-9(13)16-7-4-2-3-6(7)14-11(16)15-10(8)17/h6-7,12H,2-4,13H2,1H3,(H,14,15,17)/t6-,7+/m1/s1. The predicted octanol–water partition coefficient (Wildman–Crippen LogP) is 0.732. The summed E-state index contributed by atoms with van der Waals surface area (Å²) in [4.78, 5) is 15.8. The van der Waals surface area contributed by atoms with Gasteiger partial charge in [-0.05, 0) is 26.2 Å². The van der Waals surface area contributed by atoms with Crippen molar-refractivity contribution in [3.63, 3.8) is 0 Å². The zero-order valence-corrected chi connectivity index (χ0v) is 9.66. The van der Waals surface area contributed by atoms with Gasteiger partial charge in [-0.2, -0.15) is 4.98 Å². The van der Waals surface area contributed by atoms with Crippen LogP contribution in [0.4, 0.5) is 11.8 Å². The highest BCUT2D eigenvalue weighted by Gasteiger charge is 2.38. The number of anilines is 2. The summed E-state index contributed by atoms with van der Waals surface area (Å²) < 4.78 is 1.90. The van der Waals surface area contributed by atoms with Crippen LogP contribution in [0.15, 0.2) is 4.79 Å². The Labute approximate surface area is 98.4 Å². The monoisotopic (exact) mass is 233 g/mol. The summed E-state index contributed by atoms with van der Waals surface area (Å²) in [6, 6.07) is 0.627. The second-order valence-corrected chi connectivity index (χ2v) is 4.74. The van der Waals surface area contributed by atoms with Gasteiger partial charge in [-0.1, -0.05) is 0 Å². The minimum atomic E-state index is -0.409. The molecule has 1 saturated carbocycles. The molecule has 1 aliphatic carbocycles. The molecule has 0 radical (unpaired) electrons. The van der Waals surface area contributed by atoms with E-state index in [-0.39, 0.29) is 17.3 Å². The molecule has 0 aromatic carbocycles. The van der Waals surface area contributed by atoms with Crippen LogP contribution in [-0.4, -0.2) is 21.3 Å². The third-order valence-corrected chi connectivity index (χ3v) is 3.67. The molecule has 6 nitrogen and oxygen atoms in total. The van der Waals surface area contributed by atoms with Gasteiger partial charge in [-0.3, -0.25) is 9.36 Å². The van der Waals surface area contributed by atoms with Crippen LogP contribution in [0.1, 0.15) is 37.8 Å². The van der Waals surface area contributed by atoms with Gasteiger partial charge in [0.05, 0.1) is 6.04 Å². The fourth-order valence-corrected chi connectivity index (χ4v) is 2.92. The van der Waals surface area contributed by atoms with Crippen molar-refractivity contribution in [2.75, 3.05) is 11.1 Å². The SMILES string of the molecule is CC(=N)c1c(N)n2c(nc1=O)N[C@@H]1CCC[C@@H]12. The number of fused-ring (bicyclic) bond motifs is 3. The van der Waals surface area contributed by atoms with Gasteiger partial charge in [-0.15, -0.1) is 0 Å². The molecule has 0 spiro atoms. The number of hydrogen-bond acceptors (Lipinski definition) is 5. The molecule has 2 aliphatic rings. The quantitative estimate of drug-likeness (QED) is 0.623. The maximum atomic E-state index is 11.8. The number of nitrogens with two attached hydrogens (primary N) is 1. The van der Waals surface area contributed by atoms with Crippen molar-refractivity contribution >= 4 is 17.5 Å². The largest absolute Gasteiger partial charge is 0.384 e. The van der Waals surface area contributed by atoms with E-state index in [0.29, 0.717) is 17.8 Å². The number of nitrogens with zero attached hydrogens (tertiary/aromatic N) is 2. The first-order valence-electron chi connectivity index (χ1n) is 5.83. The van der Waals surface area contributed by atoms with Gasteiger partial charge in [0, 0.05) is 11.8 Å². The van der Waals surface area contributed by atoms with E-state index >= 15 is 0 Å². The lowest BCUT2D eigenvalue weighted by atomic mass is 10.1. The minimum Gasteiger partial charge on any atom is -0.384 e. The Morgan fingerprint density at radius 2 is 2.35 bits per heavy atom. The van der Waals surface area contributed by atoms with Crippen molar-refractivity contribution in [3.8, 4) is 0 Å². The molecule has 2 atom stereocenters. The van der Waals surface area contributed by atoms with Crippen LogP contribution >= 0.6 is 0 Å². The Morgan fingerprint density at radius 1 is 1.59 bits per heavy atom. The summed E-state index contributed by atoms with van der Waals surface area (Å²) in [5, 5.41) is 10.9. The first-order chi connectivity index (χ1) is 8.09. The molecule has 1 fully saturated rings. The van der Waals surface area contributed by atoms with Crippen molar-refractivity contribution in [1.29, 1.82) is 5.41 Å². The maximum absolute atomic E-state index is 11.8. The van der Waals surface area contributed by atoms with Crippen LogP contribution in [0, 0.1) is 5.41 Å². The molecule has 90 valence electrons. The van der Waals surface area contributed by atoms with Gasteiger partial charge >= 0.3 is 0 Å². The zero-order valence-electron chi connectivity index (χ0n) is 9.66. The van der Waals surface area contributed by atoms with Gasteiger partial charge < -0.3 is 16.5 Å². The van der Waals surface area contributed by atoms with Crippen molar-refractivity contribution in [2.24, 2.45) is 0 Å². The third-order valence-electron chi connectivity index (χ3n) is 3.67. The van der Waals surface area contributed by atoms with E-state index in [1.807, 2.05) is 4.57 Å². The molecule has 17 heavy (non-hydrogen) atoms. The number of nitrogens with one attached hydrogen (secondary N) is 2. The van der Waals surface area contributed by atoms with Crippen LogP contribution < -0.4 is 16.6 Å². The molecule has 1 aromatic heterocycles. The summed E-state index contributed by atoms with van der Waals surface area (Å²) in [5.41, 5.74) is 6.04. The van der Waals surface area contributed by atoms with Gasteiger partial charge in [0.2, 0.25) is 5.95 Å². The van der Waals surface area contributed by atoms with Crippen LogP contribution in [0.3, 0.4) is 0 Å². The Kier molecular flexibility index (Phi) is 2.01. The molecule has 3 rings (SSSR count). The first kappa shape index (κ1) is 10.3. The molecule has 1 aromatic rings. The van der Waals surface area contributed by atoms with Crippen molar-refractivity contribution in [3.05, 3.63) is 15.9 Å². The van der Waals surface area contributed by atoms with Gasteiger partial charge in [-0.25, -0.2) is 0 Å². The number of rotatable bonds is 1. The number of aromatic nitrogens is 2. The number of hydrogen-bond donors (Lipinski definition) is 3. The average Bonchev–Trinajstić information content (AvgIpc) is 2.74. The first-order valence-corrected chi connectivity index (χ1v) is 5.83. The number of nitrogen functional groups attached to an aromatic ring is 1. The van der Waals surface area contributed by atoms with Crippen molar-refractivity contribution in [2.45, 2.75) is 38.3 Å². The second-order valence-electron chi connectivity index (χ2n) is 4.74. The van der Waals surface area contributed by atoms with E-state index in [4.69, 9.17) is 11.1 Å². The van der Waals surface area contributed by atoms with Crippen LogP contribution in [0.2, 0.25) is 0 Å². The lowest BCUT2D eigenvalue weighted by Crippen LogP contribution is -2.24. The van der Waals surface area contributed by atoms with E-state index in [9.17, 15) is 4.79 Å². The van der Waals surface area contributed by atoms with Crippen LogP contribution in [0.25, 0.3) is 0 Å². The van der Waals surface area contributed by atoms with E-state index < -0.39 is 5.56 Å². The van der Waals surface area contributed by atoms with Gasteiger partial charge in [0.15, 0.2) is 0 Å². The maximum Gasteiger partial charge on any atom is 0.285 e. The third kappa shape index (κ3) is 1.30. The average molecular weight is 233 g/mol. The summed E-state index contributed by atoms with van der Waals surface area (Å²) in [6.07, 6.45) is 3.29. The van der Waals surface area contributed by atoms with Crippen LogP contribution in [0.5, 0.6) is 0 Å². The van der Waals surface area contributed by atoms with Crippen molar-refractivity contribution in [1.82, 2.24) is 9.55 Å². The van der Waals surface area contributed by atoms with E-state index in [1.54, 1.807) is 6.92 Å². The zero-order chi connectivity index (χ0) is 12.2. The summed E-state index contributed by atoms with van der Waals surface area (Å²) in [6.45, 7) is 1.57. The highest BCUT2D eigenvalue weighted by atomic mass is 16.1.